The molecule has 2 aromatic rings. The molecule has 3 aliphatic rings. The molecule has 0 saturated heterocycles. The number of ketones is 2. The minimum absolute atomic E-state index is 0.0994. The smallest absolute Gasteiger partial charge is 0.262 e. The molecule has 1 aliphatic heterocycles. The summed E-state index contributed by atoms with van der Waals surface area (Å²) in [5.74, 6) is -0.252. The second-order valence-corrected chi connectivity index (χ2v) is 10.3. The van der Waals surface area contributed by atoms with Crippen LogP contribution in [0.15, 0.2) is 65.0 Å². The Bertz CT molecular complexity index is 1300. The van der Waals surface area contributed by atoms with Crippen LogP contribution in [0.1, 0.15) is 56.9 Å². The molecular weight excluding hydrogens is 511 g/mol. The number of anilines is 1. The lowest BCUT2D eigenvalue weighted by Crippen LogP contribution is -2.39. The Balaban J connectivity index is 1.43. The standard InChI is InChI=1S/C29H28Cl2N2O4/c1-2-33-21-9-5-11-23(34)28(21)27(29-22(33)10-6-12-24(29)35)17-13-14-25(19(31)15-17)37-16-26(36)32-20-8-4-3-7-18(20)30/h3-4,7-8,13-15,27H,2,5-6,9-12,16H2,1H3,(H,32,36). The van der Waals surface area contributed by atoms with Crippen LogP contribution >= 0.6 is 23.2 Å². The Morgan fingerprint density at radius 2 is 1.59 bits per heavy atom. The Morgan fingerprint density at radius 1 is 0.946 bits per heavy atom. The molecule has 0 spiro atoms. The topological polar surface area (TPSA) is 75.7 Å². The van der Waals surface area contributed by atoms with Crippen LogP contribution < -0.4 is 10.1 Å². The van der Waals surface area contributed by atoms with Gasteiger partial charge in [0.1, 0.15) is 5.75 Å². The van der Waals surface area contributed by atoms with E-state index in [0.29, 0.717) is 34.3 Å². The fraction of sp³-hybridized carbons (Fsp3) is 0.345. The van der Waals surface area contributed by atoms with Gasteiger partial charge < -0.3 is 15.0 Å². The molecule has 6 nitrogen and oxygen atoms in total. The Morgan fingerprint density at radius 3 is 2.19 bits per heavy atom. The normalized spacial score (nSPS) is 18.1. The monoisotopic (exact) mass is 538 g/mol. The van der Waals surface area contributed by atoms with Gasteiger partial charge in [0.05, 0.1) is 15.7 Å². The highest BCUT2D eigenvalue weighted by Gasteiger charge is 2.42. The number of allylic oxidation sites excluding steroid dienone is 4. The quantitative estimate of drug-likeness (QED) is 0.457. The van der Waals surface area contributed by atoms with Crippen LogP contribution in [0.2, 0.25) is 10.0 Å². The van der Waals surface area contributed by atoms with Gasteiger partial charge in [-0.05, 0) is 62.4 Å². The number of benzene rings is 2. The largest absolute Gasteiger partial charge is 0.482 e. The van der Waals surface area contributed by atoms with Gasteiger partial charge >= 0.3 is 0 Å². The zero-order chi connectivity index (χ0) is 26.1. The molecule has 0 fully saturated rings. The first kappa shape index (κ1) is 25.6. The van der Waals surface area contributed by atoms with Crippen molar-refractivity contribution in [3.63, 3.8) is 0 Å². The highest BCUT2D eigenvalue weighted by atomic mass is 35.5. The number of halogens is 2. The maximum Gasteiger partial charge on any atom is 0.262 e. The predicted octanol–water partition coefficient (Wildman–Crippen LogP) is 6.44. The van der Waals surface area contributed by atoms with Crippen molar-refractivity contribution in [2.45, 2.75) is 51.4 Å². The molecule has 0 unspecified atom stereocenters. The second-order valence-electron chi connectivity index (χ2n) is 9.46. The first-order chi connectivity index (χ1) is 17.9. The molecule has 0 atom stereocenters. The molecule has 0 radical (unpaired) electrons. The lowest BCUT2D eigenvalue weighted by Gasteiger charge is -2.43. The van der Waals surface area contributed by atoms with Crippen LogP contribution in [-0.2, 0) is 14.4 Å². The lowest BCUT2D eigenvalue weighted by molar-refractivity contribution is -0.118. The summed E-state index contributed by atoms with van der Waals surface area (Å²) in [4.78, 5) is 41.0. The first-order valence-corrected chi connectivity index (χ1v) is 13.4. The summed E-state index contributed by atoms with van der Waals surface area (Å²) >= 11 is 12.7. The van der Waals surface area contributed by atoms with Crippen molar-refractivity contribution in [3.05, 3.63) is 80.6 Å². The average molecular weight is 539 g/mol. The van der Waals surface area contributed by atoms with Crippen molar-refractivity contribution in [3.8, 4) is 5.75 Å². The maximum absolute atomic E-state index is 13.2. The highest BCUT2D eigenvalue weighted by molar-refractivity contribution is 6.33. The zero-order valence-corrected chi connectivity index (χ0v) is 22.1. The van der Waals surface area contributed by atoms with Crippen molar-refractivity contribution >= 4 is 46.4 Å². The minimum atomic E-state index is -0.427. The molecule has 1 amide bonds. The minimum Gasteiger partial charge on any atom is -0.482 e. The van der Waals surface area contributed by atoms with E-state index in [0.717, 1.165) is 60.3 Å². The lowest BCUT2D eigenvalue weighted by atomic mass is 9.71. The van der Waals surface area contributed by atoms with Gasteiger partial charge in [0.15, 0.2) is 18.2 Å². The van der Waals surface area contributed by atoms with E-state index in [1.165, 1.54) is 0 Å². The first-order valence-electron chi connectivity index (χ1n) is 12.7. The number of nitrogens with zero attached hydrogens (tertiary/aromatic N) is 1. The second kappa shape index (κ2) is 10.7. The number of carbonyl (C=O) groups is 3. The van der Waals surface area contributed by atoms with Gasteiger partial charge in [0.25, 0.3) is 5.91 Å². The number of hydrogen-bond acceptors (Lipinski definition) is 5. The van der Waals surface area contributed by atoms with Gasteiger partial charge in [0, 0.05) is 47.8 Å². The number of para-hydroxylation sites is 1. The van der Waals surface area contributed by atoms with Gasteiger partial charge in [-0.15, -0.1) is 0 Å². The third-order valence-corrected chi connectivity index (χ3v) is 7.82. The van der Waals surface area contributed by atoms with Crippen molar-refractivity contribution in [2.24, 2.45) is 0 Å². The van der Waals surface area contributed by atoms with Gasteiger partial charge in [-0.3, -0.25) is 14.4 Å². The van der Waals surface area contributed by atoms with Crippen molar-refractivity contribution in [1.82, 2.24) is 4.90 Å². The SMILES string of the molecule is CCN1C2=C(C(=O)CCC2)C(c2ccc(OCC(=O)Nc3ccccc3Cl)c(Cl)c2)C2=C1CCCC2=O. The van der Waals surface area contributed by atoms with Crippen LogP contribution in [0.3, 0.4) is 0 Å². The van der Waals surface area contributed by atoms with Crippen LogP contribution in [0.25, 0.3) is 0 Å². The van der Waals surface area contributed by atoms with Crippen molar-refractivity contribution in [1.29, 1.82) is 0 Å². The number of hydrogen-bond donors (Lipinski definition) is 1. The number of Topliss-reactive ketones (excluding diaryl/α,β-unsaturated/α-hetero) is 2. The average Bonchev–Trinajstić information content (AvgIpc) is 2.88. The van der Waals surface area contributed by atoms with E-state index in [1.54, 1.807) is 36.4 Å². The number of nitrogens with one attached hydrogen (secondary N) is 1. The molecule has 192 valence electrons. The summed E-state index contributed by atoms with van der Waals surface area (Å²) in [5.41, 5.74) is 4.84. The summed E-state index contributed by atoms with van der Waals surface area (Å²) in [6.45, 7) is 2.55. The Labute approximate surface area is 226 Å². The number of rotatable bonds is 6. The zero-order valence-electron chi connectivity index (χ0n) is 20.6. The van der Waals surface area contributed by atoms with Crippen LogP contribution in [-0.4, -0.2) is 35.5 Å². The molecular formula is C29H28Cl2N2O4. The molecule has 0 aromatic heterocycles. The number of carbonyl (C=O) groups excluding carboxylic acids is 3. The molecule has 1 N–H and O–H groups in total. The van der Waals surface area contributed by atoms with E-state index in [2.05, 4.69) is 17.1 Å². The van der Waals surface area contributed by atoms with E-state index in [4.69, 9.17) is 27.9 Å². The summed E-state index contributed by atoms with van der Waals surface area (Å²) in [7, 11) is 0. The summed E-state index contributed by atoms with van der Waals surface area (Å²) in [5, 5.41) is 3.46. The van der Waals surface area contributed by atoms with E-state index >= 15 is 0 Å². The van der Waals surface area contributed by atoms with Crippen LogP contribution in [0.4, 0.5) is 5.69 Å². The van der Waals surface area contributed by atoms with Crippen LogP contribution in [0.5, 0.6) is 5.75 Å². The fourth-order valence-corrected chi connectivity index (χ4v) is 6.06. The van der Waals surface area contributed by atoms with E-state index in [9.17, 15) is 14.4 Å². The molecule has 0 bridgehead atoms. The molecule has 8 heteroatoms. The summed E-state index contributed by atoms with van der Waals surface area (Å²) < 4.78 is 5.69. The molecule has 37 heavy (non-hydrogen) atoms. The molecule has 1 heterocycles. The summed E-state index contributed by atoms with van der Waals surface area (Å²) in [6.07, 6.45) is 4.26. The molecule has 5 rings (SSSR count). The van der Waals surface area contributed by atoms with Crippen molar-refractivity contribution < 1.29 is 19.1 Å². The Kier molecular flexibility index (Phi) is 7.40. The molecule has 0 saturated carbocycles. The highest BCUT2D eigenvalue weighted by Crippen LogP contribution is 2.49. The number of ether oxygens (including phenoxy) is 1. The van der Waals surface area contributed by atoms with E-state index in [1.807, 2.05) is 6.07 Å². The van der Waals surface area contributed by atoms with E-state index in [-0.39, 0.29) is 24.1 Å². The Hall–Kier alpha value is -3.09. The predicted molar refractivity (Wildman–Crippen MR) is 144 cm³/mol. The summed E-state index contributed by atoms with van der Waals surface area (Å²) in [6, 6.07) is 12.3. The fourth-order valence-electron chi connectivity index (χ4n) is 5.64. The van der Waals surface area contributed by atoms with Crippen molar-refractivity contribution in [2.75, 3.05) is 18.5 Å². The van der Waals surface area contributed by atoms with Gasteiger partial charge in [-0.25, -0.2) is 0 Å². The third kappa shape index (κ3) is 4.92. The molecule has 2 aromatic carbocycles. The van der Waals surface area contributed by atoms with Gasteiger partial charge in [-0.1, -0.05) is 41.4 Å². The van der Waals surface area contributed by atoms with E-state index < -0.39 is 5.92 Å². The van der Waals surface area contributed by atoms with Gasteiger partial charge in [0.2, 0.25) is 0 Å². The number of amides is 1. The molecule has 2 aliphatic carbocycles. The van der Waals surface area contributed by atoms with Gasteiger partial charge in [-0.2, -0.15) is 0 Å². The van der Waals surface area contributed by atoms with Crippen LogP contribution in [0, 0.1) is 0 Å². The maximum atomic E-state index is 13.2. The third-order valence-electron chi connectivity index (χ3n) is 7.20.